The Hall–Kier alpha value is -1.55. The molecule has 0 aromatic heterocycles. The third-order valence-corrected chi connectivity index (χ3v) is 4.85. The molecule has 2 rings (SSSR count). The fourth-order valence-corrected chi connectivity index (χ4v) is 3.36. The number of hydrogen-bond donors (Lipinski definition) is 0. The van der Waals surface area contributed by atoms with E-state index < -0.39 is 0 Å². The van der Waals surface area contributed by atoms with E-state index in [2.05, 4.69) is 13.8 Å². The van der Waals surface area contributed by atoms with Crippen molar-refractivity contribution in [2.24, 2.45) is 5.92 Å². The van der Waals surface area contributed by atoms with Crippen LogP contribution in [0.4, 0.5) is 0 Å². The van der Waals surface area contributed by atoms with E-state index in [4.69, 9.17) is 11.6 Å². The van der Waals surface area contributed by atoms with E-state index in [1.165, 1.54) is 0 Å². The van der Waals surface area contributed by atoms with Gasteiger partial charge in [0.05, 0.1) is 5.92 Å². The molecule has 1 aliphatic rings. The summed E-state index contributed by atoms with van der Waals surface area (Å²) in [6.45, 7) is 5.26. The second kappa shape index (κ2) is 7.82. The lowest BCUT2D eigenvalue weighted by Gasteiger charge is -2.26. The number of carbonyl (C=O) groups is 2. The zero-order chi connectivity index (χ0) is 17.0. The average molecular weight is 337 g/mol. The second-order valence-corrected chi connectivity index (χ2v) is 6.67. The number of halogens is 1. The van der Waals surface area contributed by atoms with Crippen molar-refractivity contribution in [2.75, 3.05) is 13.6 Å². The molecule has 0 saturated carbocycles. The molecule has 1 saturated heterocycles. The summed E-state index contributed by atoms with van der Waals surface area (Å²) in [5.74, 6) is -0.0703. The molecule has 1 heterocycles. The molecule has 126 valence electrons. The van der Waals surface area contributed by atoms with Crippen LogP contribution in [-0.4, -0.2) is 41.2 Å². The van der Waals surface area contributed by atoms with Crippen molar-refractivity contribution < 1.29 is 9.59 Å². The molecule has 1 aromatic rings. The topological polar surface area (TPSA) is 40.6 Å². The third-order valence-electron chi connectivity index (χ3n) is 4.60. The van der Waals surface area contributed by atoms with Crippen molar-refractivity contribution in [2.45, 2.75) is 45.7 Å². The van der Waals surface area contributed by atoms with Crippen LogP contribution in [0.5, 0.6) is 0 Å². The minimum atomic E-state index is -0.222. The zero-order valence-electron chi connectivity index (χ0n) is 14.1. The Morgan fingerprint density at radius 1 is 1.30 bits per heavy atom. The smallest absolute Gasteiger partial charge is 0.228 e. The van der Waals surface area contributed by atoms with E-state index in [1.807, 2.05) is 29.2 Å². The molecule has 1 unspecified atom stereocenters. The van der Waals surface area contributed by atoms with E-state index in [0.29, 0.717) is 24.5 Å². The van der Waals surface area contributed by atoms with Crippen LogP contribution >= 0.6 is 11.6 Å². The number of rotatable bonds is 6. The quantitative estimate of drug-likeness (QED) is 0.799. The van der Waals surface area contributed by atoms with Gasteiger partial charge in [-0.25, -0.2) is 0 Å². The normalized spacial score (nSPS) is 17.9. The SMILES string of the molecule is CCC(CC)N1CC(C(=O)N(C)Cc2ccc(Cl)cc2)CC1=O. The lowest BCUT2D eigenvalue weighted by molar-refractivity contribution is -0.135. The van der Waals surface area contributed by atoms with E-state index >= 15 is 0 Å². The Morgan fingerprint density at radius 3 is 2.48 bits per heavy atom. The highest BCUT2D eigenvalue weighted by atomic mass is 35.5. The van der Waals surface area contributed by atoms with Crippen LogP contribution in [0.3, 0.4) is 0 Å². The van der Waals surface area contributed by atoms with E-state index in [1.54, 1.807) is 11.9 Å². The van der Waals surface area contributed by atoms with Gasteiger partial charge in [-0.05, 0) is 30.5 Å². The summed E-state index contributed by atoms with van der Waals surface area (Å²) >= 11 is 5.88. The minimum absolute atomic E-state index is 0.0433. The zero-order valence-corrected chi connectivity index (χ0v) is 14.8. The molecule has 5 heteroatoms. The Balaban J connectivity index is 1.97. The molecule has 1 aliphatic heterocycles. The van der Waals surface area contributed by atoms with Gasteiger partial charge >= 0.3 is 0 Å². The number of carbonyl (C=O) groups excluding carboxylic acids is 2. The summed E-state index contributed by atoms with van der Waals surface area (Å²) in [4.78, 5) is 28.4. The number of nitrogens with zero attached hydrogens (tertiary/aromatic N) is 2. The van der Waals surface area contributed by atoms with Crippen molar-refractivity contribution in [1.29, 1.82) is 0 Å². The third kappa shape index (κ3) is 4.25. The monoisotopic (exact) mass is 336 g/mol. The van der Waals surface area contributed by atoms with Crippen LogP contribution < -0.4 is 0 Å². The van der Waals surface area contributed by atoms with Gasteiger partial charge in [-0.2, -0.15) is 0 Å². The predicted molar refractivity (Wildman–Crippen MR) is 92.1 cm³/mol. The van der Waals surface area contributed by atoms with Crippen LogP contribution in [0.1, 0.15) is 38.7 Å². The first-order valence-corrected chi connectivity index (χ1v) is 8.62. The van der Waals surface area contributed by atoms with Gasteiger partial charge in [0.15, 0.2) is 0 Å². The van der Waals surface area contributed by atoms with E-state index in [-0.39, 0.29) is 23.8 Å². The molecule has 0 aliphatic carbocycles. The number of amides is 2. The minimum Gasteiger partial charge on any atom is -0.341 e. The molecule has 0 N–H and O–H groups in total. The Bertz CT molecular complexity index is 555. The maximum Gasteiger partial charge on any atom is 0.228 e. The maximum atomic E-state index is 12.6. The van der Waals surface area contributed by atoms with Gasteiger partial charge in [-0.1, -0.05) is 37.6 Å². The standard InChI is InChI=1S/C18H25ClN2O2/c1-4-16(5-2)21-12-14(10-17(21)22)18(23)20(3)11-13-6-8-15(19)9-7-13/h6-9,14,16H,4-5,10-12H2,1-3H3. The second-order valence-electron chi connectivity index (χ2n) is 6.24. The number of hydrogen-bond acceptors (Lipinski definition) is 2. The van der Waals surface area contributed by atoms with Crippen LogP contribution in [-0.2, 0) is 16.1 Å². The lowest BCUT2D eigenvalue weighted by atomic mass is 10.1. The first kappa shape index (κ1) is 17.8. The van der Waals surface area contributed by atoms with E-state index in [9.17, 15) is 9.59 Å². The molecular formula is C18H25ClN2O2. The molecule has 23 heavy (non-hydrogen) atoms. The molecule has 0 bridgehead atoms. The largest absolute Gasteiger partial charge is 0.341 e. The van der Waals surface area contributed by atoms with Crippen molar-refractivity contribution in [3.05, 3.63) is 34.9 Å². The molecule has 1 fully saturated rings. The van der Waals surface area contributed by atoms with Gasteiger partial charge in [-0.15, -0.1) is 0 Å². The van der Waals surface area contributed by atoms with E-state index in [0.717, 1.165) is 18.4 Å². The summed E-state index contributed by atoms with van der Waals surface area (Å²) in [6.07, 6.45) is 2.20. The highest BCUT2D eigenvalue weighted by molar-refractivity contribution is 6.30. The van der Waals surface area contributed by atoms with Crippen LogP contribution in [0, 0.1) is 5.92 Å². The fourth-order valence-electron chi connectivity index (χ4n) is 3.23. The Morgan fingerprint density at radius 2 is 1.91 bits per heavy atom. The van der Waals surface area contributed by atoms with Crippen LogP contribution in [0.15, 0.2) is 24.3 Å². The van der Waals surface area contributed by atoms with Gasteiger partial charge < -0.3 is 9.80 Å². The summed E-state index contributed by atoms with van der Waals surface area (Å²) in [5, 5.41) is 0.685. The van der Waals surface area contributed by atoms with Crippen molar-refractivity contribution >= 4 is 23.4 Å². The van der Waals surface area contributed by atoms with Gasteiger partial charge in [0.1, 0.15) is 0 Å². The summed E-state index contributed by atoms with van der Waals surface area (Å²) in [7, 11) is 1.79. The molecule has 2 amide bonds. The lowest BCUT2D eigenvalue weighted by Crippen LogP contribution is -2.38. The summed E-state index contributed by atoms with van der Waals surface area (Å²) in [5.41, 5.74) is 1.03. The maximum absolute atomic E-state index is 12.6. The van der Waals surface area contributed by atoms with Crippen molar-refractivity contribution in [3.63, 3.8) is 0 Å². The predicted octanol–water partition coefficient (Wildman–Crippen LogP) is 3.34. The van der Waals surface area contributed by atoms with Crippen molar-refractivity contribution in [3.8, 4) is 0 Å². The summed E-state index contributed by atoms with van der Waals surface area (Å²) < 4.78 is 0. The van der Waals surface area contributed by atoms with Crippen LogP contribution in [0.2, 0.25) is 5.02 Å². The first-order chi connectivity index (χ1) is 11.0. The Kier molecular flexibility index (Phi) is 6.05. The van der Waals surface area contributed by atoms with Gasteiger partial charge in [0.25, 0.3) is 0 Å². The molecule has 1 aromatic carbocycles. The van der Waals surface area contributed by atoms with Crippen LogP contribution in [0.25, 0.3) is 0 Å². The number of likely N-dealkylation sites (tertiary alicyclic amines) is 1. The molecule has 4 nitrogen and oxygen atoms in total. The fraction of sp³-hybridized carbons (Fsp3) is 0.556. The molecule has 0 radical (unpaired) electrons. The van der Waals surface area contributed by atoms with Gasteiger partial charge in [0, 0.05) is 37.6 Å². The highest BCUT2D eigenvalue weighted by Gasteiger charge is 2.37. The Labute approximate surface area is 143 Å². The average Bonchev–Trinajstić information content (AvgIpc) is 2.92. The molecular weight excluding hydrogens is 312 g/mol. The first-order valence-electron chi connectivity index (χ1n) is 8.25. The van der Waals surface area contributed by atoms with Crippen molar-refractivity contribution in [1.82, 2.24) is 9.80 Å². The molecule has 1 atom stereocenters. The molecule has 0 spiro atoms. The van der Waals surface area contributed by atoms with Gasteiger partial charge in [0.2, 0.25) is 11.8 Å². The summed E-state index contributed by atoms with van der Waals surface area (Å²) in [6, 6.07) is 7.73. The highest BCUT2D eigenvalue weighted by Crippen LogP contribution is 2.25. The van der Waals surface area contributed by atoms with Gasteiger partial charge in [-0.3, -0.25) is 9.59 Å². The number of benzene rings is 1.